The van der Waals surface area contributed by atoms with Crippen molar-refractivity contribution in [3.63, 3.8) is 0 Å². The summed E-state index contributed by atoms with van der Waals surface area (Å²) in [6.07, 6.45) is 1.88. The normalized spacial score (nSPS) is 10.5. The van der Waals surface area contributed by atoms with E-state index in [1.807, 2.05) is 29.9 Å². The summed E-state index contributed by atoms with van der Waals surface area (Å²) >= 11 is 0. The molecule has 1 amide bonds. The van der Waals surface area contributed by atoms with Gasteiger partial charge in [-0.15, -0.1) is 0 Å². The van der Waals surface area contributed by atoms with Crippen LogP contribution in [-0.2, 0) is 18.4 Å². The van der Waals surface area contributed by atoms with Crippen LogP contribution in [0.3, 0.4) is 0 Å². The van der Waals surface area contributed by atoms with Crippen molar-refractivity contribution in [3.05, 3.63) is 54.0 Å². The second-order valence-electron chi connectivity index (χ2n) is 5.32. The van der Waals surface area contributed by atoms with Gasteiger partial charge in [-0.25, -0.2) is 0 Å². The number of carbonyl (C=O) groups is 2. The molecule has 3 rings (SSSR count). The van der Waals surface area contributed by atoms with Crippen molar-refractivity contribution in [3.8, 4) is 17.3 Å². The number of amides is 1. The molecule has 2 aromatic heterocycles. The van der Waals surface area contributed by atoms with Crippen LogP contribution in [0.4, 0.5) is 0 Å². The Morgan fingerprint density at radius 1 is 1.24 bits per heavy atom. The maximum atomic E-state index is 12.1. The number of esters is 1. The molecule has 8 nitrogen and oxygen atoms in total. The minimum atomic E-state index is -0.414. The Kier molecular flexibility index (Phi) is 4.60. The quantitative estimate of drug-likeness (QED) is 0.563. The molecular weight excluding hydrogens is 324 g/mol. The number of aromatic nitrogens is 3. The standard InChI is InChI=1S/C17H16N4O4/c1-11(22)24-13-7-5-12(6-8-13)17(23)18-10-15-19-16(20-25-15)14-4-3-9-21(14)2/h3-9H,10H2,1-2H3,(H,18,23). The van der Waals surface area contributed by atoms with Gasteiger partial charge in [0.1, 0.15) is 5.75 Å². The number of ether oxygens (including phenoxy) is 1. The average molecular weight is 340 g/mol. The molecule has 128 valence electrons. The summed E-state index contributed by atoms with van der Waals surface area (Å²) < 4.78 is 11.9. The zero-order chi connectivity index (χ0) is 17.8. The van der Waals surface area contributed by atoms with E-state index >= 15 is 0 Å². The first-order valence-electron chi connectivity index (χ1n) is 7.54. The Morgan fingerprint density at radius 3 is 2.64 bits per heavy atom. The fraction of sp³-hybridized carbons (Fsp3) is 0.176. The van der Waals surface area contributed by atoms with E-state index in [-0.39, 0.29) is 12.5 Å². The first-order valence-corrected chi connectivity index (χ1v) is 7.54. The lowest BCUT2D eigenvalue weighted by atomic mass is 10.2. The topological polar surface area (TPSA) is 99.2 Å². The smallest absolute Gasteiger partial charge is 0.308 e. The highest BCUT2D eigenvalue weighted by Gasteiger charge is 2.12. The molecule has 0 aliphatic carbocycles. The number of nitrogens with zero attached hydrogens (tertiary/aromatic N) is 3. The number of nitrogens with one attached hydrogen (secondary N) is 1. The maximum absolute atomic E-state index is 12.1. The van der Waals surface area contributed by atoms with Gasteiger partial charge in [-0.2, -0.15) is 4.98 Å². The number of carbonyl (C=O) groups excluding carboxylic acids is 2. The minimum absolute atomic E-state index is 0.113. The van der Waals surface area contributed by atoms with Gasteiger partial charge in [0.15, 0.2) is 0 Å². The summed E-state index contributed by atoms with van der Waals surface area (Å²) in [6.45, 7) is 1.43. The molecule has 0 fully saturated rings. The van der Waals surface area contributed by atoms with Gasteiger partial charge in [0.05, 0.1) is 12.2 Å². The van der Waals surface area contributed by atoms with Crippen LogP contribution in [0.2, 0.25) is 0 Å². The fourth-order valence-electron chi connectivity index (χ4n) is 2.22. The monoisotopic (exact) mass is 340 g/mol. The van der Waals surface area contributed by atoms with Gasteiger partial charge in [0.2, 0.25) is 11.7 Å². The van der Waals surface area contributed by atoms with Crippen molar-refractivity contribution in [2.75, 3.05) is 0 Å². The molecule has 2 heterocycles. The Labute approximate surface area is 143 Å². The van der Waals surface area contributed by atoms with Crippen LogP contribution in [0.5, 0.6) is 5.75 Å². The predicted octanol–water partition coefficient (Wildman–Crippen LogP) is 1.93. The van der Waals surface area contributed by atoms with E-state index in [1.54, 1.807) is 24.3 Å². The van der Waals surface area contributed by atoms with Crippen LogP contribution in [0.25, 0.3) is 11.5 Å². The molecule has 0 saturated carbocycles. The molecule has 3 aromatic rings. The highest BCUT2D eigenvalue weighted by atomic mass is 16.5. The number of benzene rings is 1. The number of rotatable bonds is 5. The van der Waals surface area contributed by atoms with Gasteiger partial charge in [-0.3, -0.25) is 9.59 Å². The summed E-state index contributed by atoms with van der Waals surface area (Å²) in [6, 6.07) is 9.99. The highest BCUT2D eigenvalue weighted by molar-refractivity contribution is 5.94. The first-order chi connectivity index (χ1) is 12.0. The highest BCUT2D eigenvalue weighted by Crippen LogP contribution is 2.15. The third kappa shape index (κ3) is 3.92. The van der Waals surface area contributed by atoms with Crippen molar-refractivity contribution in [2.24, 2.45) is 7.05 Å². The van der Waals surface area contributed by atoms with Crippen molar-refractivity contribution >= 4 is 11.9 Å². The molecule has 0 atom stereocenters. The van der Waals surface area contributed by atoms with Gasteiger partial charge in [-0.05, 0) is 36.4 Å². The molecule has 25 heavy (non-hydrogen) atoms. The molecule has 0 aliphatic heterocycles. The van der Waals surface area contributed by atoms with Crippen LogP contribution in [0.15, 0.2) is 47.1 Å². The average Bonchev–Trinajstić information content (AvgIpc) is 3.21. The molecule has 0 saturated heterocycles. The molecule has 8 heteroatoms. The zero-order valence-corrected chi connectivity index (χ0v) is 13.7. The Morgan fingerprint density at radius 2 is 2.00 bits per heavy atom. The lowest BCUT2D eigenvalue weighted by Gasteiger charge is -2.04. The van der Waals surface area contributed by atoms with E-state index in [4.69, 9.17) is 9.26 Å². The van der Waals surface area contributed by atoms with E-state index in [1.165, 1.54) is 6.92 Å². The number of aryl methyl sites for hydroxylation is 1. The zero-order valence-electron chi connectivity index (χ0n) is 13.7. The lowest BCUT2D eigenvalue weighted by Crippen LogP contribution is -2.22. The molecule has 0 aliphatic rings. The van der Waals surface area contributed by atoms with Gasteiger partial charge < -0.3 is 19.1 Å². The molecule has 1 aromatic carbocycles. The summed E-state index contributed by atoms with van der Waals surface area (Å²) in [5, 5.41) is 6.60. The molecule has 1 N–H and O–H groups in total. The summed E-state index contributed by atoms with van der Waals surface area (Å²) in [4.78, 5) is 27.3. The predicted molar refractivity (Wildman–Crippen MR) is 87.6 cm³/mol. The van der Waals surface area contributed by atoms with Gasteiger partial charge in [0, 0.05) is 25.7 Å². The van der Waals surface area contributed by atoms with E-state index in [0.717, 1.165) is 5.69 Å². The SMILES string of the molecule is CC(=O)Oc1ccc(C(=O)NCc2nc(-c3cccn3C)no2)cc1. The maximum Gasteiger partial charge on any atom is 0.308 e. The Bertz CT molecular complexity index is 896. The largest absolute Gasteiger partial charge is 0.427 e. The first kappa shape index (κ1) is 16.4. The van der Waals surface area contributed by atoms with Crippen molar-refractivity contribution < 1.29 is 18.8 Å². The van der Waals surface area contributed by atoms with Crippen molar-refractivity contribution in [2.45, 2.75) is 13.5 Å². The third-order valence-electron chi connectivity index (χ3n) is 3.42. The van der Waals surface area contributed by atoms with Gasteiger partial charge in [0.25, 0.3) is 5.91 Å². The Balaban J connectivity index is 1.60. The van der Waals surface area contributed by atoms with Gasteiger partial charge >= 0.3 is 5.97 Å². The summed E-state index contributed by atoms with van der Waals surface area (Å²) in [7, 11) is 1.88. The van der Waals surface area contributed by atoms with Crippen LogP contribution in [-0.4, -0.2) is 26.6 Å². The van der Waals surface area contributed by atoms with Gasteiger partial charge in [-0.1, -0.05) is 5.16 Å². The number of hydrogen-bond acceptors (Lipinski definition) is 6. The summed E-state index contributed by atoms with van der Waals surface area (Å²) in [5.74, 6) is 0.437. The molecule has 0 bridgehead atoms. The van der Waals surface area contributed by atoms with Crippen molar-refractivity contribution in [1.82, 2.24) is 20.0 Å². The second kappa shape index (κ2) is 7.00. The van der Waals surface area contributed by atoms with Crippen LogP contribution >= 0.6 is 0 Å². The van der Waals surface area contributed by atoms with E-state index in [2.05, 4.69) is 15.5 Å². The summed E-state index contributed by atoms with van der Waals surface area (Å²) in [5.41, 5.74) is 1.25. The fourth-order valence-corrected chi connectivity index (χ4v) is 2.22. The second-order valence-corrected chi connectivity index (χ2v) is 5.32. The van der Waals surface area contributed by atoms with E-state index < -0.39 is 5.97 Å². The minimum Gasteiger partial charge on any atom is -0.427 e. The number of hydrogen-bond donors (Lipinski definition) is 1. The van der Waals surface area contributed by atoms with Crippen LogP contribution in [0, 0.1) is 0 Å². The lowest BCUT2D eigenvalue weighted by molar-refractivity contribution is -0.131. The Hall–Kier alpha value is -3.42. The van der Waals surface area contributed by atoms with E-state index in [9.17, 15) is 9.59 Å². The third-order valence-corrected chi connectivity index (χ3v) is 3.42. The van der Waals surface area contributed by atoms with E-state index in [0.29, 0.717) is 23.0 Å². The molecule has 0 unspecified atom stereocenters. The van der Waals surface area contributed by atoms with Crippen molar-refractivity contribution in [1.29, 1.82) is 0 Å². The molecule has 0 radical (unpaired) electrons. The molecule has 0 spiro atoms. The molecular formula is C17H16N4O4. The van der Waals surface area contributed by atoms with Crippen LogP contribution in [0.1, 0.15) is 23.2 Å². The van der Waals surface area contributed by atoms with Crippen LogP contribution < -0.4 is 10.1 Å².